The maximum absolute atomic E-state index is 13.9. The SMILES string of the molecule is CCC(NC(=O)OC(C)(C)C)Oc1c(Br)ccc2nc(OC(C)C)cc(C(F)(F)F)c12. The maximum Gasteiger partial charge on any atom is 0.417 e. The Balaban J connectivity index is 2.53. The number of benzene rings is 1. The number of fused-ring (bicyclic) bond motifs is 1. The number of pyridine rings is 1. The number of ether oxygens (including phenoxy) is 3. The Morgan fingerprint density at radius 3 is 2.35 bits per heavy atom. The number of amides is 1. The molecular formula is C21H26BrF3N2O4. The molecule has 172 valence electrons. The van der Waals surface area contributed by atoms with E-state index in [-0.39, 0.29) is 39.5 Å². The zero-order valence-corrected chi connectivity index (χ0v) is 19.8. The van der Waals surface area contributed by atoms with E-state index in [1.807, 2.05) is 0 Å². The van der Waals surface area contributed by atoms with Gasteiger partial charge < -0.3 is 14.2 Å². The highest BCUT2D eigenvalue weighted by atomic mass is 79.9. The average Bonchev–Trinajstić information content (AvgIpc) is 2.59. The second-order valence-electron chi connectivity index (χ2n) is 8.10. The van der Waals surface area contributed by atoms with Crippen molar-refractivity contribution in [3.8, 4) is 11.6 Å². The fourth-order valence-electron chi connectivity index (χ4n) is 2.68. The van der Waals surface area contributed by atoms with Gasteiger partial charge in [-0.1, -0.05) is 6.92 Å². The molecule has 0 saturated heterocycles. The minimum absolute atomic E-state index is 0.0517. The van der Waals surface area contributed by atoms with Gasteiger partial charge >= 0.3 is 12.3 Å². The number of carbonyl (C=O) groups excluding carboxylic acids is 1. The normalized spacial score (nSPS) is 13.3. The minimum atomic E-state index is -4.69. The number of alkyl halides is 3. The molecule has 0 saturated carbocycles. The van der Waals surface area contributed by atoms with Gasteiger partial charge in [0.15, 0.2) is 6.23 Å². The molecule has 0 fully saturated rings. The number of aromatic nitrogens is 1. The molecule has 1 aromatic carbocycles. The van der Waals surface area contributed by atoms with Crippen LogP contribution < -0.4 is 14.8 Å². The lowest BCUT2D eigenvalue weighted by Gasteiger charge is -2.25. The number of alkyl carbamates (subject to hydrolysis) is 1. The van der Waals surface area contributed by atoms with Crippen molar-refractivity contribution in [2.24, 2.45) is 0 Å². The summed E-state index contributed by atoms with van der Waals surface area (Å²) in [6, 6.07) is 3.82. The Morgan fingerprint density at radius 1 is 1.19 bits per heavy atom. The van der Waals surface area contributed by atoms with Gasteiger partial charge in [0, 0.05) is 12.5 Å². The molecule has 6 nitrogen and oxygen atoms in total. The fourth-order valence-corrected chi connectivity index (χ4v) is 3.11. The van der Waals surface area contributed by atoms with E-state index in [9.17, 15) is 18.0 Å². The average molecular weight is 507 g/mol. The molecule has 1 heterocycles. The first kappa shape index (κ1) is 25.0. The molecule has 1 aromatic heterocycles. The molecule has 0 spiro atoms. The van der Waals surface area contributed by atoms with E-state index in [1.165, 1.54) is 12.1 Å². The minimum Gasteiger partial charge on any atom is -0.475 e. The van der Waals surface area contributed by atoms with Crippen LogP contribution in [0.4, 0.5) is 18.0 Å². The lowest BCUT2D eigenvalue weighted by Crippen LogP contribution is -2.42. The monoisotopic (exact) mass is 506 g/mol. The predicted molar refractivity (Wildman–Crippen MR) is 114 cm³/mol. The number of nitrogens with one attached hydrogen (secondary N) is 1. The number of hydrogen-bond donors (Lipinski definition) is 1. The lowest BCUT2D eigenvalue weighted by atomic mass is 10.1. The first-order chi connectivity index (χ1) is 14.2. The maximum atomic E-state index is 13.9. The topological polar surface area (TPSA) is 69.7 Å². The first-order valence-electron chi connectivity index (χ1n) is 9.74. The van der Waals surface area contributed by atoms with Gasteiger partial charge in [-0.15, -0.1) is 0 Å². The van der Waals surface area contributed by atoms with Crippen LogP contribution in [0.3, 0.4) is 0 Å². The molecule has 10 heteroatoms. The van der Waals surface area contributed by atoms with Crippen molar-refractivity contribution >= 4 is 32.9 Å². The van der Waals surface area contributed by atoms with Crippen molar-refractivity contribution in [2.75, 3.05) is 0 Å². The van der Waals surface area contributed by atoms with Gasteiger partial charge in [0.05, 0.1) is 27.0 Å². The summed E-state index contributed by atoms with van der Waals surface area (Å²) in [5.74, 6) is -0.224. The van der Waals surface area contributed by atoms with E-state index >= 15 is 0 Å². The fraction of sp³-hybridized carbons (Fsp3) is 0.524. The predicted octanol–water partition coefficient (Wildman–Crippen LogP) is 6.44. The third kappa shape index (κ3) is 6.88. The summed E-state index contributed by atoms with van der Waals surface area (Å²) in [4.78, 5) is 16.3. The van der Waals surface area contributed by atoms with Crippen molar-refractivity contribution in [1.29, 1.82) is 0 Å². The molecule has 0 radical (unpaired) electrons. The molecule has 2 aromatic rings. The third-order valence-electron chi connectivity index (χ3n) is 3.83. The molecule has 0 bridgehead atoms. The van der Waals surface area contributed by atoms with Crippen LogP contribution in [0.15, 0.2) is 22.7 Å². The second kappa shape index (κ2) is 9.50. The number of hydrogen-bond acceptors (Lipinski definition) is 5. The summed E-state index contributed by atoms with van der Waals surface area (Å²) in [5, 5.41) is 2.29. The largest absolute Gasteiger partial charge is 0.475 e. The zero-order chi connectivity index (χ0) is 23.6. The summed E-state index contributed by atoms with van der Waals surface area (Å²) >= 11 is 3.25. The van der Waals surface area contributed by atoms with Crippen molar-refractivity contribution in [3.05, 3.63) is 28.2 Å². The van der Waals surface area contributed by atoms with E-state index in [1.54, 1.807) is 41.5 Å². The molecule has 1 atom stereocenters. The Morgan fingerprint density at radius 2 is 1.84 bits per heavy atom. The van der Waals surface area contributed by atoms with Crippen LogP contribution in [0.2, 0.25) is 0 Å². The molecule has 0 aliphatic carbocycles. The molecule has 0 aliphatic heterocycles. The van der Waals surface area contributed by atoms with E-state index in [4.69, 9.17) is 14.2 Å². The van der Waals surface area contributed by atoms with Gasteiger partial charge in [-0.25, -0.2) is 9.78 Å². The van der Waals surface area contributed by atoms with Gasteiger partial charge in [0.25, 0.3) is 0 Å². The number of rotatable bonds is 6. The lowest BCUT2D eigenvalue weighted by molar-refractivity contribution is -0.136. The molecular weight excluding hydrogens is 481 g/mol. The molecule has 1 amide bonds. The van der Waals surface area contributed by atoms with E-state index in [2.05, 4.69) is 26.2 Å². The summed E-state index contributed by atoms with van der Waals surface area (Å²) < 4.78 is 58.4. The Bertz CT molecular complexity index is 943. The van der Waals surface area contributed by atoms with Gasteiger partial charge in [-0.05, 0) is 62.7 Å². The Hall–Kier alpha value is -2.23. The van der Waals surface area contributed by atoms with E-state index < -0.39 is 29.7 Å². The quantitative estimate of drug-likeness (QED) is 0.456. The van der Waals surface area contributed by atoms with Gasteiger partial charge in [0.1, 0.15) is 11.4 Å². The molecule has 1 unspecified atom stereocenters. The van der Waals surface area contributed by atoms with Crippen LogP contribution in [-0.4, -0.2) is 29.0 Å². The van der Waals surface area contributed by atoms with Crippen molar-refractivity contribution < 1.29 is 32.2 Å². The number of carbonyl (C=O) groups is 1. The first-order valence-corrected chi connectivity index (χ1v) is 10.5. The summed E-state index contributed by atoms with van der Waals surface area (Å²) in [5.41, 5.74) is -1.63. The van der Waals surface area contributed by atoms with Crippen LogP contribution >= 0.6 is 15.9 Å². The summed E-state index contributed by atoms with van der Waals surface area (Å²) in [6.45, 7) is 10.2. The molecule has 0 aliphatic rings. The summed E-state index contributed by atoms with van der Waals surface area (Å²) in [7, 11) is 0. The van der Waals surface area contributed by atoms with Crippen molar-refractivity contribution in [1.82, 2.24) is 10.3 Å². The molecule has 31 heavy (non-hydrogen) atoms. The van der Waals surface area contributed by atoms with E-state index in [0.29, 0.717) is 0 Å². The molecule has 1 N–H and O–H groups in total. The highest BCUT2D eigenvalue weighted by molar-refractivity contribution is 9.10. The Kier molecular flexibility index (Phi) is 7.67. The smallest absolute Gasteiger partial charge is 0.417 e. The number of halogens is 4. The van der Waals surface area contributed by atoms with Gasteiger partial charge in [-0.2, -0.15) is 13.2 Å². The summed E-state index contributed by atoms with van der Waals surface area (Å²) in [6.07, 6.45) is -6.41. The van der Waals surface area contributed by atoms with Crippen LogP contribution in [0.25, 0.3) is 10.9 Å². The van der Waals surface area contributed by atoms with E-state index in [0.717, 1.165) is 6.07 Å². The van der Waals surface area contributed by atoms with Gasteiger partial charge in [-0.3, -0.25) is 5.32 Å². The van der Waals surface area contributed by atoms with Crippen LogP contribution in [0.1, 0.15) is 53.5 Å². The van der Waals surface area contributed by atoms with Crippen LogP contribution in [0, 0.1) is 0 Å². The second-order valence-corrected chi connectivity index (χ2v) is 8.96. The van der Waals surface area contributed by atoms with Crippen LogP contribution in [-0.2, 0) is 10.9 Å². The van der Waals surface area contributed by atoms with Crippen molar-refractivity contribution in [2.45, 2.75) is 72.1 Å². The van der Waals surface area contributed by atoms with Crippen LogP contribution in [0.5, 0.6) is 11.6 Å². The standard InChI is InChI=1S/C21H26BrF3N2O4/c1-7-15(27-19(28)31-20(4,5)6)30-18-13(22)8-9-14-17(18)12(21(23,24)25)10-16(26-14)29-11(2)3/h8-11,15H,7H2,1-6H3,(H,27,28). The zero-order valence-electron chi connectivity index (χ0n) is 18.2. The highest BCUT2D eigenvalue weighted by Crippen LogP contribution is 2.43. The molecule has 2 rings (SSSR count). The van der Waals surface area contributed by atoms with Crippen molar-refractivity contribution in [3.63, 3.8) is 0 Å². The van der Waals surface area contributed by atoms with Gasteiger partial charge in [0.2, 0.25) is 5.88 Å². The highest BCUT2D eigenvalue weighted by Gasteiger charge is 2.36. The third-order valence-corrected chi connectivity index (χ3v) is 4.45. The number of nitrogens with zero attached hydrogens (tertiary/aromatic N) is 1. The Labute approximate surface area is 187 Å².